The van der Waals surface area contributed by atoms with Gasteiger partial charge in [0.1, 0.15) is 12.2 Å². The minimum absolute atomic E-state index is 0.606. The van der Waals surface area contributed by atoms with Gasteiger partial charge in [-0.3, -0.25) is 9.55 Å². The van der Waals surface area contributed by atoms with Crippen LogP contribution in [0.5, 0.6) is 0 Å². The third-order valence-corrected chi connectivity index (χ3v) is 5.74. The van der Waals surface area contributed by atoms with Crippen molar-refractivity contribution < 1.29 is 0 Å². The summed E-state index contributed by atoms with van der Waals surface area (Å²) in [6, 6.07) is 22.2. The molecule has 0 bridgehead atoms. The monoisotopic (exact) mass is 425 g/mol. The van der Waals surface area contributed by atoms with Crippen LogP contribution in [0, 0.1) is 6.92 Å². The number of rotatable bonds is 6. The lowest BCUT2D eigenvalue weighted by Crippen LogP contribution is -2.03. The molecule has 3 aromatic heterocycles. The highest BCUT2D eigenvalue weighted by Crippen LogP contribution is 2.29. The highest BCUT2D eigenvalue weighted by molar-refractivity contribution is 7.98. The Morgan fingerprint density at radius 3 is 2.39 bits per heavy atom. The van der Waals surface area contributed by atoms with E-state index in [1.807, 2.05) is 47.1 Å². The van der Waals surface area contributed by atoms with Crippen LogP contribution in [0.4, 0.5) is 0 Å². The third-order valence-electron chi connectivity index (χ3n) is 4.81. The van der Waals surface area contributed by atoms with Crippen molar-refractivity contribution in [1.29, 1.82) is 0 Å². The van der Waals surface area contributed by atoms with Crippen LogP contribution in [0.25, 0.3) is 22.8 Å². The standard InChI is InChI=1S/C23H19N7S/c1-17-7-9-19(10-8-17)29-22(18-11-13-24-14-12-18)27-28-23(29)31-15-21-25-16-26-30(21)20-5-3-2-4-6-20/h2-14,16H,15H2,1H3. The van der Waals surface area contributed by atoms with Crippen molar-refractivity contribution in [3.8, 4) is 22.8 Å². The van der Waals surface area contributed by atoms with Crippen LogP contribution < -0.4 is 0 Å². The number of aromatic nitrogens is 7. The molecule has 31 heavy (non-hydrogen) atoms. The quantitative estimate of drug-likeness (QED) is 0.373. The maximum absolute atomic E-state index is 4.49. The molecule has 0 atom stereocenters. The van der Waals surface area contributed by atoms with Gasteiger partial charge in [0.15, 0.2) is 11.0 Å². The Bertz CT molecular complexity index is 1280. The average molecular weight is 426 g/mol. The molecule has 5 rings (SSSR count). The molecular formula is C23H19N7S. The lowest BCUT2D eigenvalue weighted by molar-refractivity contribution is 0.829. The first-order valence-electron chi connectivity index (χ1n) is 9.79. The minimum atomic E-state index is 0.606. The van der Waals surface area contributed by atoms with E-state index >= 15 is 0 Å². The molecule has 0 amide bonds. The summed E-state index contributed by atoms with van der Waals surface area (Å²) < 4.78 is 3.92. The molecule has 3 heterocycles. The van der Waals surface area contributed by atoms with E-state index in [0.717, 1.165) is 33.7 Å². The van der Waals surface area contributed by atoms with E-state index < -0.39 is 0 Å². The number of hydrogen-bond donors (Lipinski definition) is 0. The highest BCUT2D eigenvalue weighted by Gasteiger charge is 2.17. The fourth-order valence-electron chi connectivity index (χ4n) is 3.26. The van der Waals surface area contributed by atoms with Gasteiger partial charge < -0.3 is 0 Å². The van der Waals surface area contributed by atoms with Gasteiger partial charge in [-0.2, -0.15) is 5.10 Å². The molecule has 0 spiro atoms. The van der Waals surface area contributed by atoms with Crippen LogP contribution in [-0.2, 0) is 5.75 Å². The van der Waals surface area contributed by atoms with E-state index in [-0.39, 0.29) is 0 Å². The van der Waals surface area contributed by atoms with Gasteiger partial charge in [-0.05, 0) is 43.3 Å². The summed E-state index contributed by atoms with van der Waals surface area (Å²) in [6.07, 6.45) is 5.10. The summed E-state index contributed by atoms with van der Waals surface area (Å²) in [5.41, 5.74) is 4.15. The predicted molar refractivity (Wildman–Crippen MR) is 120 cm³/mol. The number of para-hydroxylation sites is 1. The molecule has 2 aromatic carbocycles. The lowest BCUT2D eigenvalue weighted by Gasteiger charge is -2.11. The van der Waals surface area contributed by atoms with Crippen LogP contribution >= 0.6 is 11.8 Å². The van der Waals surface area contributed by atoms with Crippen molar-refractivity contribution in [2.24, 2.45) is 0 Å². The topological polar surface area (TPSA) is 74.3 Å². The second-order valence-corrected chi connectivity index (χ2v) is 7.87. The van der Waals surface area contributed by atoms with Crippen LogP contribution in [0.1, 0.15) is 11.4 Å². The summed E-state index contributed by atoms with van der Waals surface area (Å²) in [5.74, 6) is 2.23. The molecule has 0 aliphatic carbocycles. The van der Waals surface area contributed by atoms with Gasteiger partial charge in [0.2, 0.25) is 0 Å². The maximum Gasteiger partial charge on any atom is 0.196 e. The predicted octanol–water partition coefficient (Wildman–Crippen LogP) is 4.51. The normalized spacial score (nSPS) is 11.0. The van der Waals surface area contributed by atoms with Gasteiger partial charge >= 0.3 is 0 Å². The van der Waals surface area contributed by atoms with Gasteiger partial charge in [0.25, 0.3) is 0 Å². The summed E-state index contributed by atoms with van der Waals surface area (Å²) in [7, 11) is 0. The van der Waals surface area contributed by atoms with Gasteiger partial charge in [-0.25, -0.2) is 9.67 Å². The summed E-state index contributed by atoms with van der Waals surface area (Å²) in [4.78, 5) is 8.57. The van der Waals surface area contributed by atoms with Crippen molar-refractivity contribution >= 4 is 11.8 Å². The van der Waals surface area contributed by atoms with Gasteiger partial charge in [-0.15, -0.1) is 10.2 Å². The second-order valence-electron chi connectivity index (χ2n) is 6.93. The molecule has 0 aliphatic heterocycles. The second kappa shape index (κ2) is 8.53. The number of pyridine rings is 1. The summed E-state index contributed by atoms with van der Waals surface area (Å²) in [6.45, 7) is 2.08. The first-order valence-corrected chi connectivity index (χ1v) is 10.8. The minimum Gasteiger partial charge on any atom is -0.270 e. The molecule has 0 unspecified atom stereocenters. The van der Waals surface area contributed by atoms with Gasteiger partial charge in [0, 0.05) is 23.6 Å². The summed E-state index contributed by atoms with van der Waals surface area (Å²) in [5, 5.41) is 14.2. The van der Waals surface area contributed by atoms with Gasteiger partial charge in [-0.1, -0.05) is 47.7 Å². The maximum atomic E-state index is 4.49. The molecule has 0 fully saturated rings. The molecule has 0 saturated carbocycles. The van der Waals surface area contributed by atoms with Crippen molar-refractivity contribution in [2.45, 2.75) is 17.8 Å². The SMILES string of the molecule is Cc1ccc(-n2c(SCc3ncnn3-c3ccccc3)nnc2-c2ccncc2)cc1. The van der Waals surface area contributed by atoms with E-state index in [2.05, 4.69) is 61.0 Å². The first kappa shape index (κ1) is 19.2. The number of aryl methyl sites for hydroxylation is 1. The number of hydrogen-bond acceptors (Lipinski definition) is 6. The van der Waals surface area contributed by atoms with E-state index in [9.17, 15) is 0 Å². The van der Waals surface area contributed by atoms with Crippen LogP contribution in [-0.4, -0.2) is 34.5 Å². The largest absolute Gasteiger partial charge is 0.270 e. The molecule has 7 nitrogen and oxygen atoms in total. The van der Waals surface area contributed by atoms with Crippen molar-refractivity contribution in [3.63, 3.8) is 0 Å². The zero-order valence-electron chi connectivity index (χ0n) is 16.8. The first-order chi connectivity index (χ1) is 15.3. The zero-order chi connectivity index (χ0) is 21.0. The van der Waals surface area contributed by atoms with Crippen LogP contribution in [0.3, 0.4) is 0 Å². The molecule has 5 aromatic rings. The molecule has 0 aliphatic rings. The molecular weight excluding hydrogens is 406 g/mol. The zero-order valence-corrected chi connectivity index (χ0v) is 17.6. The van der Waals surface area contributed by atoms with E-state index in [1.165, 1.54) is 5.56 Å². The van der Waals surface area contributed by atoms with Crippen molar-refractivity contribution in [3.05, 3.63) is 96.8 Å². The molecule has 152 valence electrons. The molecule has 8 heteroatoms. The van der Waals surface area contributed by atoms with E-state index in [4.69, 9.17) is 0 Å². The Hall–Kier alpha value is -3.78. The Labute approximate surface area is 183 Å². The Morgan fingerprint density at radius 2 is 1.61 bits per heavy atom. The third kappa shape index (κ3) is 3.97. The Morgan fingerprint density at radius 1 is 0.839 bits per heavy atom. The lowest BCUT2D eigenvalue weighted by atomic mass is 10.2. The smallest absolute Gasteiger partial charge is 0.196 e. The Kier molecular flexibility index (Phi) is 5.28. The van der Waals surface area contributed by atoms with E-state index in [1.54, 1.807) is 30.5 Å². The Balaban J connectivity index is 1.50. The molecule has 0 saturated heterocycles. The van der Waals surface area contributed by atoms with Crippen LogP contribution in [0.2, 0.25) is 0 Å². The fourth-order valence-corrected chi connectivity index (χ4v) is 4.13. The fraction of sp³-hybridized carbons (Fsp3) is 0.0870. The molecule has 0 N–H and O–H groups in total. The number of thioether (sulfide) groups is 1. The van der Waals surface area contributed by atoms with Crippen molar-refractivity contribution in [1.82, 2.24) is 34.5 Å². The van der Waals surface area contributed by atoms with E-state index in [0.29, 0.717) is 5.75 Å². The summed E-state index contributed by atoms with van der Waals surface area (Å²) >= 11 is 1.58. The van der Waals surface area contributed by atoms with Crippen LogP contribution in [0.15, 0.2) is 90.6 Å². The number of benzene rings is 2. The average Bonchev–Trinajstić information content (AvgIpc) is 3.46. The highest BCUT2D eigenvalue weighted by atomic mass is 32.2. The number of nitrogens with zero attached hydrogens (tertiary/aromatic N) is 7. The molecule has 0 radical (unpaired) electrons. The van der Waals surface area contributed by atoms with Crippen molar-refractivity contribution in [2.75, 3.05) is 0 Å². The van der Waals surface area contributed by atoms with Gasteiger partial charge in [0.05, 0.1) is 11.4 Å².